The summed E-state index contributed by atoms with van der Waals surface area (Å²) in [7, 11) is 0. The summed E-state index contributed by atoms with van der Waals surface area (Å²) in [6.45, 7) is 0. The van der Waals surface area contributed by atoms with Gasteiger partial charge in [-0.1, -0.05) is 78.9 Å². The quantitative estimate of drug-likeness (QED) is 0.757. The molecular weight excluding hydrogens is 294 g/mol. The van der Waals surface area contributed by atoms with Crippen LogP contribution in [0.2, 0.25) is 0 Å². The van der Waals surface area contributed by atoms with Crippen LogP contribution in [0.25, 0.3) is 0 Å². The molecule has 24 heavy (non-hydrogen) atoms. The zero-order valence-electron chi connectivity index (χ0n) is 13.5. The van der Waals surface area contributed by atoms with Crippen molar-refractivity contribution in [2.24, 2.45) is 5.73 Å². The molecule has 1 aliphatic rings. The van der Waals surface area contributed by atoms with Crippen molar-refractivity contribution in [1.82, 2.24) is 0 Å². The second-order valence-corrected chi connectivity index (χ2v) is 6.47. The van der Waals surface area contributed by atoms with E-state index >= 15 is 0 Å². The van der Waals surface area contributed by atoms with Crippen LogP contribution in [0.3, 0.4) is 0 Å². The molecule has 0 radical (unpaired) electrons. The van der Waals surface area contributed by atoms with Crippen molar-refractivity contribution in [3.8, 4) is 0 Å². The van der Waals surface area contributed by atoms with Gasteiger partial charge < -0.3 is 10.8 Å². The summed E-state index contributed by atoms with van der Waals surface area (Å²) in [6, 6.07) is 25.6. The monoisotopic (exact) mass is 315 g/mol. The topological polar surface area (TPSA) is 46.2 Å². The maximum Gasteiger partial charge on any atom is 0.134 e. The molecule has 0 aliphatic heterocycles. The lowest BCUT2D eigenvalue weighted by Crippen LogP contribution is -2.40. The van der Waals surface area contributed by atoms with Gasteiger partial charge in [0.1, 0.15) is 5.60 Å². The largest absolute Gasteiger partial charge is 0.378 e. The van der Waals surface area contributed by atoms with Gasteiger partial charge in [-0.3, -0.25) is 0 Å². The van der Waals surface area contributed by atoms with Gasteiger partial charge in [0.2, 0.25) is 0 Å². The van der Waals surface area contributed by atoms with E-state index in [-0.39, 0.29) is 0 Å². The summed E-state index contributed by atoms with van der Waals surface area (Å²) in [6.07, 6.45) is 1.83. The van der Waals surface area contributed by atoms with E-state index in [1.54, 1.807) is 0 Å². The average molecular weight is 315 g/mol. The Balaban J connectivity index is 1.98. The van der Waals surface area contributed by atoms with Crippen LogP contribution in [0.5, 0.6) is 0 Å². The Bertz CT molecular complexity index is 809. The van der Waals surface area contributed by atoms with E-state index in [1.807, 2.05) is 66.7 Å². The number of hydrogen-bond acceptors (Lipinski definition) is 2. The summed E-state index contributed by atoms with van der Waals surface area (Å²) in [5.74, 6) is 0. The molecule has 0 fully saturated rings. The maximum absolute atomic E-state index is 12.0. The zero-order valence-corrected chi connectivity index (χ0v) is 13.5. The molecule has 1 aliphatic carbocycles. The molecule has 4 rings (SSSR count). The molecule has 120 valence electrons. The molecule has 3 aromatic rings. The van der Waals surface area contributed by atoms with Crippen molar-refractivity contribution >= 4 is 0 Å². The van der Waals surface area contributed by atoms with Crippen molar-refractivity contribution in [3.05, 3.63) is 107 Å². The Morgan fingerprint density at radius 2 is 1.17 bits per heavy atom. The van der Waals surface area contributed by atoms with Crippen LogP contribution in [0, 0.1) is 0 Å². The second-order valence-electron chi connectivity index (χ2n) is 6.47. The van der Waals surface area contributed by atoms with E-state index in [1.165, 1.54) is 11.1 Å². The number of hydrogen-bond donors (Lipinski definition) is 2. The van der Waals surface area contributed by atoms with Crippen molar-refractivity contribution in [3.63, 3.8) is 0 Å². The Labute approximate surface area is 142 Å². The minimum Gasteiger partial charge on any atom is -0.378 e. The van der Waals surface area contributed by atoms with Gasteiger partial charge in [0.25, 0.3) is 0 Å². The van der Waals surface area contributed by atoms with Crippen LogP contribution >= 0.6 is 0 Å². The van der Waals surface area contributed by atoms with Crippen LogP contribution in [-0.2, 0) is 18.4 Å². The highest BCUT2D eigenvalue weighted by atomic mass is 16.3. The molecular formula is C22H21NO. The first kappa shape index (κ1) is 15.1. The highest BCUT2D eigenvalue weighted by Crippen LogP contribution is 2.44. The molecule has 0 heterocycles. The third-order valence-electron chi connectivity index (χ3n) is 5.13. The molecule has 3 N–H and O–H groups in total. The average Bonchev–Trinajstić information content (AvgIpc) is 2.78. The maximum atomic E-state index is 12.0. The van der Waals surface area contributed by atoms with Gasteiger partial charge in [0, 0.05) is 0 Å². The molecule has 0 saturated carbocycles. The molecule has 0 aromatic heterocycles. The van der Waals surface area contributed by atoms with Gasteiger partial charge in [0.15, 0.2) is 0 Å². The molecule has 0 bridgehead atoms. The minimum absolute atomic E-state index is 0.529. The lowest BCUT2D eigenvalue weighted by Gasteiger charge is -2.36. The number of nitrogens with two attached hydrogens (primary N) is 1. The smallest absolute Gasteiger partial charge is 0.134 e. The van der Waals surface area contributed by atoms with Crippen molar-refractivity contribution in [1.29, 1.82) is 0 Å². The zero-order chi connectivity index (χ0) is 16.6. The van der Waals surface area contributed by atoms with Gasteiger partial charge in [-0.05, 0) is 40.7 Å². The number of rotatable bonds is 2. The predicted molar refractivity (Wildman–Crippen MR) is 96.7 cm³/mol. The van der Waals surface area contributed by atoms with Crippen LogP contribution in [0.1, 0.15) is 33.9 Å². The molecule has 2 nitrogen and oxygen atoms in total. The second kappa shape index (κ2) is 5.90. The van der Waals surface area contributed by atoms with Gasteiger partial charge in [-0.2, -0.15) is 0 Å². The molecule has 3 aromatic carbocycles. The molecule has 1 unspecified atom stereocenters. The summed E-state index contributed by atoms with van der Waals surface area (Å²) < 4.78 is 0. The fraction of sp³-hybridized carbons (Fsp3) is 0.182. The van der Waals surface area contributed by atoms with Crippen molar-refractivity contribution in [2.45, 2.75) is 24.5 Å². The summed E-state index contributed by atoms with van der Waals surface area (Å²) in [4.78, 5) is 0. The van der Waals surface area contributed by atoms with Crippen molar-refractivity contribution < 1.29 is 5.11 Å². The molecule has 0 amide bonds. The summed E-state index contributed by atoms with van der Waals surface area (Å²) >= 11 is 0. The highest BCUT2D eigenvalue weighted by molar-refractivity contribution is 5.50. The molecule has 0 saturated heterocycles. The van der Waals surface area contributed by atoms with E-state index in [0.29, 0.717) is 0 Å². The number of fused-ring (bicyclic) bond motifs is 2. The van der Waals surface area contributed by atoms with Gasteiger partial charge in [-0.25, -0.2) is 0 Å². The first-order valence-electron chi connectivity index (χ1n) is 8.41. The van der Waals surface area contributed by atoms with E-state index in [9.17, 15) is 5.11 Å². The first-order chi connectivity index (χ1) is 11.7. The Hall–Kier alpha value is -2.42. The SMILES string of the molecule is NC(c1ccccc1)C1(O)c2ccccc2CCc2ccccc21. The van der Waals surface area contributed by atoms with Crippen molar-refractivity contribution in [2.75, 3.05) is 0 Å². The highest BCUT2D eigenvalue weighted by Gasteiger charge is 2.42. The fourth-order valence-electron chi connectivity index (χ4n) is 3.87. The first-order valence-corrected chi connectivity index (χ1v) is 8.41. The van der Waals surface area contributed by atoms with E-state index in [4.69, 9.17) is 5.73 Å². The minimum atomic E-state index is -1.23. The van der Waals surface area contributed by atoms with E-state index < -0.39 is 11.6 Å². The third-order valence-corrected chi connectivity index (χ3v) is 5.13. The van der Waals surface area contributed by atoms with Gasteiger partial charge in [0.05, 0.1) is 6.04 Å². The standard InChI is InChI=1S/C22H21NO/c23-21(18-10-2-1-3-11-18)22(24)19-12-6-4-8-16(19)14-15-17-9-5-7-13-20(17)22/h1-13,21,24H,14-15,23H2. The van der Waals surface area contributed by atoms with Gasteiger partial charge in [-0.15, -0.1) is 0 Å². The number of benzene rings is 3. The number of aryl methyl sites for hydroxylation is 2. The van der Waals surface area contributed by atoms with E-state index in [2.05, 4.69) is 12.1 Å². The fourth-order valence-corrected chi connectivity index (χ4v) is 3.87. The van der Waals surface area contributed by atoms with Crippen LogP contribution in [0.4, 0.5) is 0 Å². The summed E-state index contributed by atoms with van der Waals surface area (Å²) in [5, 5.41) is 12.0. The van der Waals surface area contributed by atoms with Gasteiger partial charge >= 0.3 is 0 Å². The molecule has 0 spiro atoms. The molecule has 1 atom stereocenters. The van der Waals surface area contributed by atoms with E-state index in [0.717, 1.165) is 29.5 Å². The Kier molecular flexibility index (Phi) is 3.72. The Morgan fingerprint density at radius 1 is 0.708 bits per heavy atom. The lowest BCUT2D eigenvalue weighted by atomic mass is 9.76. The summed E-state index contributed by atoms with van der Waals surface area (Å²) in [5.41, 5.74) is 10.5. The van der Waals surface area contributed by atoms with Crippen LogP contribution < -0.4 is 5.73 Å². The predicted octanol–water partition coefficient (Wildman–Crippen LogP) is 3.72. The molecule has 2 heteroatoms. The van der Waals surface area contributed by atoms with Crippen LogP contribution in [0.15, 0.2) is 78.9 Å². The Morgan fingerprint density at radius 3 is 1.71 bits per heavy atom. The lowest BCUT2D eigenvalue weighted by molar-refractivity contribution is 0.0506. The number of aliphatic hydroxyl groups is 1. The normalized spacial score (nSPS) is 16.6. The van der Waals surface area contributed by atoms with Crippen LogP contribution in [-0.4, -0.2) is 5.11 Å². The third kappa shape index (κ3) is 2.27.